The Morgan fingerprint density at radius 3 is 2.11 bits per heavy atom. The highest BCUT2D eigenvalue weighted by molar-refractivity contribution is 8.13. The Hall–Kier alpha value is -1.92. The molecule has 0 bridgehead atoms. The summed E-state index contributed by atoms with van der Waals surface area (Å²) in [6.07, 6.45) is 3.50. The maximum atomic E-state index is 10.8. The molecule has 100 valence electrons. The predicted octanol–water partition coefficient (Wildman–Crippen LogP) is 2.39. The lowest BCUT2D eigenvalue weighted by Crippen LogP contribution is -1.98. The predicted molar refractivity (Wildman–Crippen MR) is 70.7 cm³/mol. The molecule has 1 heterocycles. The van der Waals surface area contributed by atoms with Crippen LogP contribution in [0.15, 0.2) is 59.8 Å². The average molecular weight is 300 g/mol. The molecular formula is C12H10ClNO4S. The van der Waals surface area contributed by atoms with Gasteiger partial charge in [0.2, 0.25) is 0 Å². The molecular weight excluding hydrogens is 290 g/mol. The van der Waals surface area contributed by atoms with Gasteiger partial charge in [-0.05, 0) is 30.3 Å². The van der Waals surface area contributed by atoms with E-state index in [4.69, 9.17) is 15.8 Å². The summed E-state index contributed by atoms with van der Waals surface area (Å²) in [4.78, 5) is 14.0. The summed E-state index contributed by atoms with van der Waals surface area (Å²) in [5, 5.41) is 8.54. The number of rotatable bonds is 2. The van der Waals surface area contributed by atoms with E-state index in [-0.39, 0.29) is 10.5 Å². The van der Waals surface area contributed by atoms with Crippen molar-refractivity contribution in [1.29, 1.82) is 0 Å². The van der Waals surface area contributed by atoms with Crippen LogP contribution >= 0.6 is 10.7 Å². The van der Waals surface area contributed by atoms with Gasteiger partial charge in [-0.25, -0.2) is 13.2 Å². The molecule has 0 atom stereocenters. The Labute approximate surface area is 114 Å². The Bertz CT molecular complexity index is 617. The highest BCUT2D eigenvalue weighted by Gasteiger charge is 2.12. The third-order valence-electron chi connectivity index (χ3n) is 1.93. The van der Waals surface area contributed by atoms with Gasteiger partial charge in [0.05, 0.1) is 10.5 Å². The molecule has 7 heteroatoms. The van der Waals surface area contributed by atoms with E-state index in [2.05, 4.69) is 4.98 Å². The van der Waals surface area contributed by atoms with Gasteiger partial charge in [0.25, 0.3) is 9.05 Å². The van der Waals surface area contributed by atoms with Gasteiger partial charge < -0.3 is 5.11 Å². The van der Waals surface area contributed by atoms with Crippen LogP contribution in [0.3, 0.4) is 0 Å². The van der Waals surface area contributed by atoms with Crippen LogP contribution < -0.4 is 0 Å². The van der Waals surface area contributed by atoms with E-state index in [1.54, 1.807) is 12.4 Å². The van der Waals surface area contributed by atoms with E-state index in [1.165, 1.54) is 18.2 Å². The maximum absolute atomic E-state index is 10.8. The van der Waals surface area contributed by atoms with Gasteiger partial charge in [0, 0.05) is 23.1 Å². The summed E-state index contributed by atoms with van der Waals surface area (Å²) in [7, 11) is 1.16. The topological polar surface area (TPSA) is 84.3 Å². The Kier molecular flexibility index (Phi) is 5.47. The largest absolute Gasteiger partial charge is 0.478 e. The molecule has 0 amide bonds. The molecule has 1 aromatic carbocycles. The Morgan fingerprint density at radius 2 is 1.74 bits per heavy atom. The van der Waals surface area contributed by atoms with Crippen LogP contribution in [0.2, 0.25) is 0 Å². The minimum absolute atomic E-state index is 0.110. The Morgan fingerprint density at radius 1 is 1.11 bits per heavy atom. The molecule has 0 saturated heterocycles. The third-order valence-corrected chi connectivity index (χ3v) is 3.28. The lowest BCUT2D eigenvalue weighted by Gasteiger charge is -1.97. The van der Waals surface area contributed by atoms with Gasteiger partial charge in [-0.3, -0.25) is 4.98 Å². The number of aromatic carboxylic acids is 1. The second-order valence-corrected chi connectivity index (χ2v) is 5.86. The van der Waals surface area contributed by atoms with Gasteiger partial charge in [-0.15, -0.1) is 0 Å². The van der Waals surface area contributed by atoms with Gasteiger partial charge >= 0.3 is 5.97 Å². The number of hydrogen-bond acceptors (Lipinski definition) is 4. The average Bonchev–Trinajstić information content (AvgIpc) is 2.40. The Balaban J connectivity index is 0.000000250. The maximum Gasteiger partial charge on any atom is 0.335 e. The molecule has 0 unspecified atom stereocenters. The molecule has 0 saturated carbocycles. The minimum Gasteiger partial charge on any atom is -0.478 e. The van der Waals surface area contributed by atoms with Crippen molar-refractivity contribution in [2.45, 2.75) is 4.90 Å². The summed E-state index contributed by atoms with van der Waals surface area (Å²) in [6.45, 7) is 0. The van der Waals surface area contributed by atoms with Crippen LogP contribution in [0, 0.1) is 0 Å². The van der Waals surface area contributed by atoms with E-state index in [1.807, 2.05) is 18.2 Å². The van der Waals surface area contributed by atoms with Crippen molar-refractivity contribution in [2.24, 2.45) is 0 Å². The molecule has 2 aromatic rings. The van der Waals surface area contributed by atoms with Crippen LogP contribution in [0.1, 0.15) is 10.4 Å². The second kappa shape index (κ2) is 6.86. The van der Waals surface area contributed by atoms with Crippen molar-refractivity contribution >= 4 is 25.7 Å². The van der Waals surface area contributed by atoms with E-state index >= 15 is 0 Å². The highest BCUT2D eigenvalue weighted by atomic mass is 35.7. The van der Waals surface area contributed by atoms with Crippen molar-refractivity contribution in [2.75, 3.05) is 0 Å². The van der Waals surface area contributed by atoms with Crippen LogP contribution in [-0.4, -0.2) is 24.5 Å². The third kappa shape index (κ3) is 5.50. The fourth-order valence-electron chi connectivity index (χ4n) is 1.09. The quantitative estimate of drug-likeness (QED) is 0.861. The first-order chi connectivity index (χ1) is 8.91. The zero-order valence-corrected chi connectivity index (χ0v) is 11.2. The molecule has 0 aliphatic heterocycles. The van der Waals surface area contributed by atoms with Gasteiger partial charge in [0.1, 0.15) is 0 Å². The molecule has 1 N–H and O–H groups in total. The number of halogens is 1. The summed E-state index contributed by atoms with van der Waals surface area (Å²) >= 11 is 0. The van der Waals surface area contributed by atoms with Gasteiger partial charge in [0.15, 0.2) is 0 Å². The monoisotopic (exact) mass is 299 g/mol. The standard InChI is InChI=1S/C7H5ClO4S.C5H5N/c8-13(11,12)6-3-1-2-5(4-6)7(9)10;1-2-4-6-5-3-1/h1-4H,(H,9,10);1-5H. The fraction of sp³-hybridized carbons (Fsp3) is 0. The van der Waals surface area contributed by atoms with Crippen LogP contribution in [0.4, 0.5) is 0 Å². The van der Waals surface area contributed by atoms with E-state index < -0.39 is 15.0 Å². The van der Waals surface area contributed by atoms with Gasteiger partial charge in [-0.1, -0.05) is 12.1 Å². The fourth-order valence-corrected chi connectivity index (χ4v) is 1.89. The number of hydrogen-bond donors (Lipinski definition) is 1. The number of benzene rings is 1. The second-order valence-electron chi connectivity index (χ2n) is 3.30. The minimum atomic E-state index is -3.85. The first kappa shape index (κ1) is 15.1. The molecule has 0 radical (unpaired) electrons. The number of aromatic nitrogens is 1. The van der Waals surface area contributed by atoms with Crippen LogP contribution in [-0.2, 0) is 9.05 Å². The SMILES string of the molecule is O=C(O)c1cccc(S(=O)(=O)Cl)c1.c1ccncc1. The molecule has 2 rings (SSSR count). The highest BCUT2D eigenvalue weighted by Crippen LogP contribution is 2.15. The van der Waals surface area contributed by atoms with Crippen LogP contribution in [0.5, 0.6) is 0 Å². The molecule has 5 nitrogen and oxygen atoms in total. The van der Waals surface area contributed by atoms with Crippen molar-refractivity contribution in [1.82, 2.24) is 4.98 Å². The number of nitrogens with zero attached hydrogens (tertiary/aromatic N) is 1. The number of carboxylic acids is 1. The van der Waals surface area contributed by atoms with Gasteiger partial charge in [-0.2, -0.15) is 0 Å². The van der Waals surface area contributed by atoms with Crippen LogP contribution in [0.25, 0.3) is 0 Å². The summed E-state index contributed by atoms with van der Waals surface area (Å²) in [5.74, 6) is -1.19. The number of pyridine rings is 1. The molecule has 0 fully saturated rings. The summed E-state index contributed by atoms with van der Waals surface area (Å²) in [6, 6.07) is 10.6. The lowest BCUT2D eigenvalue weighted by atomic mass is 10.2. The van der Waals surface area contributed by atoms with Crippen molar-refractivity contribution < 1.29 is 18.3 Å². The van der Waals surface area contributed by atoms with Crippen molar-refractivity contribution in [3.8, 4) is 0 Å². The zero-order valence-electron chi connectivity index (χ0n) is 9.60. The van der Waals surface area contributed by atoms with Crippen molar-refractivity contribution in [3.63, 3.8) is 0 Å². The zero-order chi connectivity index (χ0) is 14.3. The first-order valence-corrected chi connectivity index (χ1v) is 7.35. The molecule has 0 aliphatic rings. The molecule has 0 spiro atoms. The molecule has 1 aromatic heterocycles. The summed E-state index contributed by atoms with van der Waals surface area (Å²) < 4.78 is 21.6. The van der Waals surface area contributed by atoms with E-state index in [0.717, 1.165) is 6.07 Å². The van der Waals surface area contributed by atoms with E-state index in [0.29, 0.717) is 0 Å². The number of carboxylic acid groups (broad SMARTS) is 1. The smallest absolute Gasteiger partial charge is 0.335 e. The lowest BCUT2D eigenvalue weighted by molar-refractivity contribution is 0.0696. The molecule has 0 aliphatic carbocycles. The first-order valence-electron chi connectivity index (χ1n) is 5.04. The number of carbonyl (C=O) groups is 1. The van der Waals surface area contributed by atoms with E-state index in [9.17, 15) is 13.2 Å². The normalized spacial score (nSPS) is 10.2. The molecule has 19 heavy (non-hydrogen) atoms. The van der Waals surface area contributed by atoms with Crippen molar-refractivity contribution in [3.05, 3.63) is 60.4 Å². The summed E-state index contributed by atoms with van der Waals surface area (Å²) in [5.41, 5.74) is -0.110.